The number of aliphatic imine (C=N–C) groups is 2. The van der Waals surface area contributed by atoms with Crippen LogP contribution in [0, 0.1) is 0 Å². The van der Waals surface area contributed by atoms with Crippen LogP contribution in [0.25, 0.3) is 11.8 Å². The molecule has 162 valence electrons. The monoisotopic (exact) mass is 435 g/mol. The molecule has 2 aliphatic rings. The van der Waals surface area contributed by atoms with Gasteiger partial charge in [0.1, 0.15) is 17.2 Å². The molecule has 0 saturated heterocycles. The molecule has 5 rings (SSSR count). The summed E-state index contributed by atoms with van der Waals surface area (Å²) in [5, 5.41) is 9.65. The number of amides is 1. The summed E-state index contributed by atoms with van der Waals surface area (Å²) in [7, 11) is 1.61. The number of phenolic OH excluding ortho intramolecular Hbond substituents is 1. The fraction of sp³-hybridized carbons (Fsp3) is 0.0741. The maximum absolute atomic E-state index is 13.3. The minimum Gasteiger partial charge on any atom is -0.508 e. The van der Waals surface area contributed by atoms with Crippen molar-refractivity contribution in [3.8, 4) is 11.5 Å². The van der Waals surface area contributed by atoms with Crippen LogP contribution in [0.5, 0.6) is 11.5 Å². The number of hydrogen-bond acceptors (Lipinski definition) is 5. The van der Waals surface area contributed by atoms with E-state index in [0.717, 1.165) is 22.4 Å². The third-order valence-electron chi connectivity index (χ3n) is 5.45. The predicted octanol–water partition coefficient (Wildman–Crippen LogP) is 4.68. The fourth-order valence-electron chi connectivity index (χ4n) is 3.74. The Labute approximate surface area is 191 Å². The zero-order valence-corrected chi connectivity index (χ0v) is 18.0. The third-order valence-corrected chi connectivity index (χ3v) is 5.45. The molecule has 6 nitrogen and oxygen atoms in total. The Kier molecular flexibility index (Phi) is 5.32. The van der Waals surface area contributed by atoms with Gasteiger partial charge in [0, 0.05) is 18.2 Å². The number of rotatable bonds is 5. The molecule has 33 heavy (non-hydrogen) atoms. The van der Waals surface area contributed by atoms with Gasteiger partial charge in [-0.25, -0.2) is 9.98 Å². The molecule has 6 heteroatoms. The molecule has 0 radical (unpaired) electrons. The summed E-state index contributed by atoms with van der Waals surface area (Å²) >= 11 is 0. The van der Waals surface area contributed by atoms with Crippen LogP contribution < -0.4 is 4.74 Å². The van der Waals surface area contributed by atoms with Crippen molar-refractivity contribution in [1.29, 1.82) is 0 Å². The molecule has 3 aromatic carbocycles. The quantitative estimate of drug-likeness (QED) is 0.592. The van der Waals surface area contributed by atoms with Crippen molar-refractivity contribution in [2.24, 2.45) is 9.98 Å². The molecule has 0 fully saturated rings. The van der Waals surface area contributed by atoms with Gasteiger partial charge in [-0.15, -0.1) is 0 Å². The Morgan fingerprint density at radius 1 is 0.939 bits per heavy atom. The molecule has 2 aliphatic heterocycles. The number of carbonyl (C=O) groups is 1. The molecule has 0 atom stereocenters. The standard InChI is InChI=1S/C27H21N3O3/c1-33-22-13-7-19(8-14-22)16-24-27(32)30-17-25(20-9-11-21(31)12-10-20)28-23(26(30)29-24)15-18-5-3-2-4-6-18/h2-14,16-17,31H,15H2,1H3/b24-16+. The largest absolute Gasteiger partial charge is 0.508 e. The smallest absolute Gasteiger partial charge is 0.282 e. The van der Waals surface area contributed by atoms with Crippen molar-refractivity contribution in [2.75, 3.05) is 7.11 Å². The molecule has 2 heterocycles. The van der Waals surface area contributed by atoms with Gasteiger partial charge in [-0.1, -0.05) is 42.5 Å². The molecule has 0 unspecified atom stereocenters. The number of nitrogens with zero attached hydrogens (tertiary/aromatic N) is 3. The normalized spacial score (nSPS) is 16.3. The van der Waals surface area contributed by atoms with E-state index in [4.69, 9.17) is 9.73 Å². The Morgan fingerprint density at radius 2 is 1.67 bits per heavy atom. The SMILES string of the molecule is COc1ccc(/C=C2/N=C3C(Cc4ccccc4)=NC(c4ccc(O)cc4)=CN3C2=O)cc1. The van der Waals surface area contributed by atoms with Crippen molar-refractivity contribution >= 4 is 29.2 Å². The highest BCUT2D eigenvalue weighted by molar-refractivity contribution is 6.48. The third kappa shape index (κ3) is 4.19. The number of phenols is 1. The van der Waals surface area contributed by atoms with E-state index in [1.807, 2.05) is 54.6 Å². The number of hydrogen-bond donors (Lipinski definition) is 1. The van der Waals surface area contributed by atoms with Crippen molar-refractivity contribution in [3.05, 3.63) is 107 Å². The number of amidine groups is 1. The summed E-state index contributed by atoms with van der Waals surface area (Å²) in [5.74, 6) is 1.24. The Morgan fingerprint density at radius 3 is 2.36 bits per heavy atom. The lowest BCUT2D eigenvalue weighted by atomic mass is 10.0. The molecule has 1 N–H and O–H groups in total. The number of ether oxygens (including phenoxy) is 1. The lowest BCUT2D eigenvalue weighted by Gasteiger charge is -2.22. The van der Waals surface area contributed by atoms with Crippen LogP contribution in [-0.4, -0.2) is 34.6 Å². The van der Waals surface area contributed by atoms with Gasteiger partial charge < -0.3 is 9.84 Å². The molecular formula is C27H21N3O3. The Hall–Kier alpha value is -4.45. The summed E-state index contributed by atoms with van der Waals surface area (Å²) in [6, 6.07) is 24.2. The second-order valence-electron chi connectivity index (χ2n) is 7.70. The first kappa shape index (κ1) is 20.5. The van der Waals surface area contributed by atoms with Gasteiger partial charge in [-0.3, -0.25) is 9.69 Å². The first-order chi connectivity index (χ1) is 16.1. The van der Waals surface area contributed by atoms with E-state index in [9.17, 15) is 9.90 Å². The van der Waals surface area contributed by atoms with Crippen molar-refractivity contribution in [2.45, 2.75) is 6.42 Å². The van der Waals surface area contributed by atoms with E-state index in [1.165, 1.54) is 0 Å². The van der Waals surface area contributed by atoms with Crippen LogP contribution in [0.4, 0.5) is 0 Å². The molecule has 0 aromatic heterocycles. The van der Waals surface area contributed by atoms with E-state index >= 15 is 0 Å². The van der Waals surface area contributed by atoms with Gasteiger partial charge in [0.25, 0.3) is 5.91 Å². The van der Waals surface area contributed by atoms with Gasteiger partial charge in [-0.2, -0.15) is 0 Å². The Balaban J connectivity index is 1.55. The van der Waals surface area contributed by atoms with E-state index in [1.54, 1.807) is 48.6 Å². The van der Waals surface area contributed by atoms with Crippen LogP contribution >= 0.6 is 0 Å². The average molecular weight is 435 g/mol. The molecule has 0 bridgehead atoms. The molecule has 0 aliphatic carbocycles. The van der Waals surface area contributed by atoms with Crippen LogP contribution in [0.15, 0.2) is 101 Å². The average Bonchev–Trinajstić information content (AvgIpc) is 3.16. The summed E-state index contributed by atoms with van der Waals surface area (Å²) in [4.78, 5) is 24.3. The second-order valence-corrected chi connectivity index (χ2v) is 7.70. The maximum Gasteiger partial charge on any atom is 0.282 e. The van der Waals surface area contributed by atoms with Gasteiger partial charge >= 0.3 is 0 Å². The van der Waals surface area contributed by atoms with Crippen molar-refractivity contribution < 1.29 is 14.6 Å². The molecular weight excluding hydrogens is 414 g/mol. The van der Waals surface area contributed by atoms with Gasteiger partial charge in [0.15, 0.2) is 5.84 Å². The van der Waals surface area contributed by atoms with E-state index in [0.29, 0.717) is 29.4 Å². The lowest BCUT2D eigenvalue weighted by molar-refractivity contribution is -0.120. The number of fused-ring (bicyclic) bond motifs is 1. The molecule has 1 amide bonds. The number of aromatic hydroxyl groups is 1. The van der Waals surface area contributed by atoms with Crippen LogP contribution in [0.3, 0.4) is 0 Å². The highest BCUT2D eigenvalue weighted by atomic mass is 16.5. The Bertz CT molecular complexity index is 1320. The minimum absolute atomic E-state index is 0.174. The second kappa shape index (κ2) is 8.59. The van der Waals surface area contributed by atoms with E-state index < -0.39 is 0 Å². The summed E-state index contributed by atoms with van der Waals surface area (Å²) < 4.78 is 5.21. The minimum atomic E-state index is -0.211. The van der Waals surface area contributed by atoms with Crippen LogP contribution in [-0.2, 0) is 11.2 Å². The van der Waals surface area contributed by atoms with Crippen LogP contribution in [0.2, 0.25) is 0 Å². The topological polar surface area (TPSA) is 74.5 Å². The first-order valence-corrected chi connectivity index (χ1v) is 10.5. The van der Waals surface area contributed by atoms with Crippen molar-refractivity contribution in [3.63, 3.8) is 0 Å². The van der Waals surface area contributed by atoms with Gasteiger partial charge in [0.2, 0.25) is 0 Å². The van der Waals surface area contributed by atoms with Gasteiger partial charge in [0.05, 0.1) is 18.5 Å². The van der Waals surface area contributed by atoms with Crippen molar-refractivity contribution in [1.82, 2.24) is 4.90 Å². The molecule has 0 spiro atoms. The number of carbonyl (C=O) groups excluding carboxylic acids is 1. The number of benzene rings is 3. The highest BCUT2D eigenvalue weighted by Crippen LogP contribution is 2.29. The first-order valence-electron chi connectivity index (χ1n) is 10.5. The predicted molar refractivity (Wildman–Crippen MR) is 129 cm³/mol. The zero-order valence-electron chi connectivity index (χ0n) is 18.0. The summed E-state index contributed by atoms with van der Waals surface area (Å²) in [5.41, 5.74) is 4.42. The lowest BCUT2D eigenvalue weighted by Crippen LogP contribution is -2.36. The van der Waals surface area contributed by atoms with E-state index in [-0.39, 0.29) is 11.7 Å². The molecule has 0 saturated carbocycles. The summed E-state index contributed by atoms with van der Waals surface area (Å²) in [6.07, 6.45) is 4.01. The highest BCUT2D eigenvalue weighted by Gasteiger charge is 2.35. The van der Waals surface area contributed by atoms with Gasteiger partial charge in [-0.05, 0) is 53.6 Å². The summed E-state index contributed by atoms with van der Waals surface area (Å²) in [6.45, 7) is 0. The van der Waals surface area contributed by atoms with Crippen LogP contribution in [0.1, 0.15) is 16.7 Å². The fourth-order valence-corrected chi connectivity index (χ4v) is 3.74. The van der Waals surface area contributed by atoms with E-state index in [2.05, 4.69) is 4.99 Å². The number of methoxy groups -OCH3 is 1. The molecule has 3 aromatic rings. The zero-order chi connectivity index (χ0) is 22.8. The maximum atomic E-state index is 13.3.